The predicted molar refractivity (Wildman–Crippen MR) is 95.5 cm³/mol. The van der Waals surface area contributed by atoms with E-state index < -0.39 is 5.97 Å². The van der Waals surface area contributed by atoms with Gasteiger partial charge in [0.1, 0.15) is 6.54 Å². The lowest BCUT2D eigenvalue weighted by molar-refractivity contribution is -0.144. The van der Waals surface area contributed by atoms with Gasteiger partial charge in [0.25, 0.3) is 0 Å². The van der Waals surface area contributed by atoms with Crippen LogP contribution in [0.25, 0.3) is 0 Å². The number of amides is 1. The average Bonchev–Trinajstić information content (AvgIpc) is 2.55. The minimum atomic E-state index is -1.03. The van der Waals surface area contributed by atoms with E-state index in [1.165, 1.54) is 56.3 Å². The van der Waals surface area contributed by atoms with Gasteiger partial charge in [-0.25, -0.2) is 0 Å². The Morgan fingerprint density at radius 3 is 1.88 bits per heavy atom. The average molecular weight is 338 g/mol. The number of aliphatic carboxylic acids is 1. The fourth-order valence-corrected chi connectivity index (χ4v) is 2.74. The maximum atomic E-state index is 12.0. The van der Waals surface area contributed by atoms with Crippen molar-refractivity contribution in [2.24, 2.45) is 0 Å². The van der Waals surface area contributed by atoms with E-state index in [0.29, 0.717) is 6.42 Å². The summed E-state index contributed by atoms with van der Waals surface area (Å²) >= 11 is 0. The van der Waals surface area contributed by atoms with Gasteiger partial charge in [0.05, 0.1) is 12.5 Å². The number of unbranched alkanes of at least 4 members (excludes halogenated alkanes) is 10. The lowest BCUT2D eigenvalue weighted by Crippen LogP contribution is -2.36. The number of carbonyl (C=O) groups excluding carboxylic acids is 1. The van der Waals surface area contributed by atoms with E-state index in [4.69, 9.17) is 10.4 Å². The summed E-state index contributed by atoms with van der Waals surface area (Å²) in [4.78, 5) is 24.0. The second kappa shape index (κ2) is 16.3. The molecule has 0 aromatic carbocycles. The van der Waals surface area contributed by atoms with E-state index in [0.717, 1.165) is 19.3 Å². The third-order valence-electron chi connectivity index (χ3n) is 4.17. The summed E-state index contributed by atoms with van der Waals surface area (Å²) in [5.74, 6) is -1.18. The Kier molecular flexibility index (Phi) is 15.2. The second-order valence-corrected chi connectivity index (χ2v) is 6.40. The number of carboxylic acids is 1. The first-order chi connectivity index (χ1) is 11.6. The highest BCUT2D eigenvalue weighted by Gasteiger charge is 2.15. The van der Waals surface area contributed by atoms with Gasteiger partial charge in [0.15, 0.2) is 0 Å². The molecule has 0 atom stereocenters. The first-order valence-electron chi connectivity index (χ1n) is 9.48. The number of nitriles is 1. The number of hydrogen-bond donors (Lipinski definition) is 1. The summed E-state index contributed by atoms with van der Waals surface area (Å²) in [6, 6.07) is 1.95. The van der Waals surface area contributed by atoms with Crippen molar-refractivity contribution in [3.8, 4) is 6.07 Å². The van der Waals surface area contributed by atoms with Crippen molar-refractivity contribution in [2.45, 2.75) is 90.4 Å². The lowest BCUT2D eigenvalue weighted by atomic mass is 10.1. The Morgan fingerprint density at radius 2 is 1.42 bits per heavy atom. The molecular weight excluding hydrogens is 304 g/mol. The van der Waals surface area contributed by atoms with Crippen LogP contribution in [0.3, 0.4) is 0 Å². The first kappa shape index (κ1) is 22.4. The Labute approximate surface area is 147 Å². The molecule has 1 amide bonds. The highest BCUT2D eigenvalue weighted by Crippen LogP contribution is 2.12. The van der Waals surface area contributed by atoms with E-state index in [-0.39, 0.29) is 25.4 Å². The number of carboxylic acid groups (broad SMARTS) is 1. The minimum Gasteiger partial charge on any atom is -0.480 e. The summed E-state index contributed by atoms with van der Waals surface area (Å²) in [6.45, 7) is 2.13. The Hall–Kier alpha value is -1.57. The number of carbonyl (C=O) groups is 2. The van der Waals surface area contributed by atoms with Crippen LogP contribution < -0.4 is 0 Å². The molecule has 0 spiro atoms. The van der Waals surface area contributed by atoms with Crippen LogP contribution in [0, 0.1) is 11.3 Å². The predicted octanol–water partition coefficient (Wildman–Crippen LogP) is 4.51. The normalized spacial score (nSPS) is 10.3. The number of nitrogens with zero attached hydrogens (tertiary/aromatic N) is 2. The van der Waals surface area contributed by atoms with Gasteiger partial charge in [0, 0.05) is 13.0 Å². The molecule has 0 unspecified atom stereocenters. The van der Waals surface area contributed by atoms with Gasteiger partial charge in [-0.2, -0.15) is 5.26 Å². The summed E-state index contributed by atoms with van der Waals surface area (Å²) in [5.41, 5.74) is 0. The minimum absolute atomic E-state index is 0.149. The van der Waals surface area contributed by atoms with Crippen molar-refractivity contribution in [3.63, 3.8) is 0 Å². The molecule has 0 aliphatic carbocycles. The molecule has 0 aliphatic heterocycles. The molecule has 0 saturated heterocycles. The summed E-state index contributed by atoms with van der Waals surface area (Å²) in [6.07, 6.45) is 14.0. The molecule has 138 valence electrons. The standard InChI is InChI=1S/C19H34N2O3/c1-2-3-4-5-6-7-8-9-10-11-12-14-18(22)21(16-13-15-20)17-19(23)24/h2-14,16-17H2,1H3,(H,23,24). The quantitative estimate of drug-likeness (QED) is 0.420. The molecule has 0 fully saturated rings. The maximum absolute atomic E-state index is 12.0. The van der Waals surface area contributed by atoms with Gasteiger partial charge >= 0.3 is 5.97 Å². The zero-order valence-electron chi connectivity index (χ0n) is 15.3. The van der Waals surface area contributed by atoms with Crippen LogP contribution in [0.5, 0.6) is 0 Å². The van der Waals surface area contributed by atoms with Crippen molar-refractivity contribution in [2.75, 3.05) is 13.1 Å². The van der Waals surface area contributed by atoms with Crippen molar-refractivity contribution < 1.29 is 14.7 Å². The zero-order valence-corrected chi connectivity index (χ0v) is 15.3. The molecule has 0 aromatic heterocycles. The van der Waals surface area contributed by atoms with Crippen LogP contribution in [0.4, 0.5) is 0 Å². The molecule has 0 rings (SSSR count). The van der Waals surface area contributed by atoms with Crippen LogP contribution >= 0.6 is 0 Å². The number of rotatable bonds is 16. The second-order valence-electron chi connectivity index (χ2n) is 6.40. The van der Waals surface area contributed by atoms with Crippen molar-refractivity contribution in [1.82, 2.24) is 4.90 Å². The third kappa shape index (κ3) is 14.0. The monoisotopic (exact) mass is 338 g/mol. The molecular formula is C19H34N2O3. The molecule has 0 radical (unpaired) electrons. The van der Waals surface area contributed by atoms with Gasteiger partial charge < -0.3 is 10.0 Å². The molecule has 0 bridgehead atoms. The van der Waals surface area contributed by atoms with E-state index in [1.54, 1.807) is 0 Å². The van der Waals surface area contributed by atoms with E-state index in [2.05, 4.69) is 6.92 Å². The fraction of sp³-hybridized carbons (Fsp3) is 0.842. The highest BCUT2D eigenvalue weighted by molar-refractivity contribution is 5.81. The van der Waals surface area contributed by atoms with Crippen molar-refractivity contribution in [3.05, 3.63) is 0 Å². The molecule has 5 nitrogen and oxygen atoms in total. The van der Waals surface area contributed by atoms with E-state index >= 15 is 0 Å². The van der Waals surface area contributed by atoms with E-state index in [9.17, 15) is 9.59 Å². The first-order valence-corrected chi connectivity index (χ1v) is 9.48. The van der Waals surface area contributed by atoms with Crippen LogP contribution in [0.1, 0.15) is 90.4 Å². The van der Waals surface area contributed by atoms with Crippen LogP contribution in [-0.2, 0) is 9.59 Å². The van der Waals surface area contributed by atoms with Crippen molar-refractivity contribution >= 4 is 11.9 Å². The molecule has 0 aliphatic rings. The zero-order chi connectivity index (χ0) is 18.0. The van der Waals surface area contributed by atoms with Gasteiger partial charge in [-0.15, -0.1) is 0 Å². The van der Waals surface area contributed by atoms with Crippen LogP contribution in [0.2, 0.25) is 0 Å². The smallest absolute Gasteiger partial charge is 0.323 e. The van der Waals surface area contributed by atoms with Gasteiger partial charge in [-0.3, -0.25) is 9.59 Å². The van der Waals surface area contributed by atoms with Gasteiger partial charge in [-0.05, 0) is 6.42 Å². The topological polar surface area (TPSA) is 81.4 Å². The molecule has 0 heterocycles. The Bertz CT molecular complexity index is 377. The van der Waals surface area contributed by atoms with Crippen LogP contribution in [-0.4, -0.2) is 35.0 Å². The molecule has 24 heavy (non-hydrogen) atoms. The Balaban J connectivity index is 3.61. The highest BCUT2D eigenvalue weighted by atomic mass is 16.4. The summed E-state index contributed by atoms with van der Waals surface area (Å²) in [5, 5.41) is 17.4. The SMILES string of the molecule is CCCCCCCCCCCCCC(=O)N(CCC#N)CC(=O)O. The fourth-order valence-electron chi connectivity index (χ4n) is 2.74. The molecule has 0 saturated carbocycles. The molecule has 0 aromatic rings. The van der Waals surface area contributed by atoms with Gasteiger partial charge in [-0.1, -0.05) is 71.1 Å². The largest absolute Gasteiger partial charge is 0.480 e. The maximum Gasteiger partial charge on any atom is 0.323 e. The van der Waals surface area contributed by atoms with Gasteiger partial charge in [0.2, 0.25) is 5.91 Å². The molecule has 1 N–H and O–H groups in total. The van der Waals surface area contributed by atoms with E-state index in [1.807, 2.05) is 6.07 Å². The van der Waals surface area contributed by atoms with Crippen LogP contribution in [0.15, 0.2) is 0 Å². The molecule has 5 heteroatoms. The third-order valence-corrected chi connectivity index (χ3v) is 4.17. The summed E-state index contributed by atoms with van der Waals surface area (Å²) < 4.78 is 0. The Morgan fingerprint density at radius 1 is 0.917 bits per heavy atom. The lowest BCUT2D eigenvalue weighted by Gasteiger charge is -2.19. The van der Waals surface area contributed by atoms with Crippen molar-refractivity contribution in [1.29, 1.82) is 5.26 Å². The number of hydrogen-bond acceptors (Lipinski definition) is 3. The summed E-state index contributed by atoms with van der Waals surface area (Å²) in [7, 11) is 0.